The van der Waals surface area contributed by atoms with Crippen LogP contribution in [-0.4, -0.2) is 27.4 Å². The Morgan fingerprint density at radius 3 is 2.64 bits per heavy atom. The standard InChI is InChI=1S/C20H21N3OS/c21-19(24)16-5-6-17-18(12-16)23-20(22-17)15-3-1-13(2-4-15)11-14-7-9-25-10-8-14/h1-6,12,14H,7-11H2,(H2,21,24)(H,22,23). The molecule has 0 atom stereocenters. The van der Waals surface area contributed by atoms with Gasteiger partial charge in [-0.25, -0.2) is 4.98 Å². The summed E-state index contributed by atoms with van der Waals surface area (Å²) in [7, 11) is 0. The third-order valence-electron chi connectivity index (χ3n) is 4.86. The number of nitrogens with zero attached hydrogens (tertiary/aromatic N) is 1. The molecule has 128 valence electrons. The third kappa shape index (κ3) is 3.56. The molecular weight excluding hydrogens is 330 g/mol. The van der Waals surface area contributed by atoms with Crippen molar-refractivity contribution >= 4 is 28.7 Å². The number of nitrogens with one attached hydrogen (secondary N) is 1. The van der Waals surface area contributed by atoms with Crippen LogP contribution in [0.2, 0.25) is 0 Å². The van der Waals surface area contributed by atoms with Crippen LogP contribution in [0.1, 0.15) is 28.8 Å². The molecule has 25 heavy (non-hydrogen) atoms. The number of imidazole rings is 1. The number of hydrogen-bond donors (Lipinski definition) is 2. The zero-order valence-electron chi connectivity index (χ0n) is 14.0. The van der Waals surface area contributed by atoms with E-state index in [2.05, 4.69) is 46.0 Å². The fraction of sp³-hybridized carbons (Fsp3) is 0.300. The van der Waals surface area contributed by atoms with Gasteiger partial charge in [0.2, 0.25) is 5.91 Å². The van der Waals surface area contributed by atoms with Gasteiger partial charge in [-0.2, -0.15) is 11.8 Å². The van der Waals surface area contributed by atoms with Crippen molar-refractivity contribution in [2.24, 2.45) is 11.7 Å². The highest BCUT2D eigenvalue weighted by molar-refractivity contribution is 7.99. The maximum atomic E-state index is 11.3. The van der Waals surface area contributed by atoms with E-state index in [-0.39, 0.29) is 0 Å². The fourth-order valence-corrected chi connectivity index (χ4v) is 4.59. The molecule has 1 aliphatic rings. The molecule has 0 spiro atoms. The summed E-state index contributed by atoms with van der Waals surface area (Å²) in [6.07, 6.45) is 3.83. The molecule has 0 bridgehead atoms. The van der Waals surface area contributed by atoms with E-state index in [1.54, 1.807) is 12.1 Å². The highest BCUT2D eigenvalue weighted by atomic mass is 32.2. The van der Waals surface area contributed by atoms with E-state index >= 15 is 0 Å². The van der Waals surface area contributed by atoms with Gasteiger partial charge < -0.3 is 10.7 Å². The number of thioether (sulfide) groups is 1. The number of aromatic nitrogens is 2. The summed E-state index contributed by atoms with van der Waals surface area (Å²) in [5.74, 6) is 3.82. The van der Waals surface area contributed by atoms with E-state index in [1.807, 2.05) is 6.07 Å². The van der Waals surface area contributed by atoms with Crippen LogP contribution >= 0.6 is 11.8 Å². The largest absolute Gasteiger partial charge is 0.366 e. The lowest BCUT2D eigenvalue weighted by Crippen LogP contribution is -2.12. The van der Waals surface area contributed by atoms with Crippen molar-refractivity contribution in [1.82, 2.24) is 9.97 Å². The Bertz CT molecular complexity index is 895. The van der Waals surface area contributed by atoms with Gasteiger partial charge in [-0.3, -0.25) is 4.79 Å². The quantitative estimate of drug-likeness (QED) is 0.746. The molecule has 5 heteroatoms. The lowest BCUT2D eigenvalue weighted by Gasteiger charge is -2.21. The summed E-state index contributed by atoms with van der Waals surface area (Å²) >= 11 is 2.07. The van der Waals surface area contributed by atoms with Crippen LogP contribution in [0.25, 0.3) is 22.4 Å². The second kappa shape index (κ2) is 6.92. The van der Waals surface area contributed by atoms with Gasteiger partial charge in [0.25, 0.3) is 0 Å². The lowest BCUT2D eigenvalue weighted by molar-refractivity contribution is 0.100. The van der Waals surface area contributed by atoms with Crippen molar-refractivity contribution in [1.29, 1.82) is 0 Å². The topological polar surface area (TPSA) is 71.8 Å². The normalized spacial score (nSPS) is 15.5. The highest BCUT2D eigenvalue weighted by Gasteiger charge is 2.14. The van der Waals surface area contributed by atoms with Crippen molar-refractivity contribution in [3.63, 3.8) is 0 Å². The number of rotatable bonds is 4. The fourth-order valence-electron chi connectivity index (χ4n) is 3.38. The van der Waals surface area contributed by atoms with Crippen molar-refractivity contribution in [3.8, 4) is 11.4 Å². The third-order valence-corrected chi connectivity index (χ3v) is 5.91. The van der Waals surface area contributed by atoms with E-state index < -0.39 is 5.91 Å². The van der Waals surface area contributed by atoms with Crippen LogP contribution in [0.15, 0.2) is 42.5 Å². The van der Waals surface area contributed by atoms with Gasteiger partial charge in [-0.05, 0) is 60.4 Å². The monoisotopic (exact) mass is 351 g/mol. The van der Waals surface area contributed by atoms with E-state index in [4.69, 9.17) is 5.73 Å². The molecular formula is C20H21N3OS. The summed E-state index contributed by atoms with van der Waals surface area (Å²) < 4.78 is 0. The molecule has 1 saturated heterocycles. The predicted molar refractivity (Wildman–Crippen MR) is 104 cm³/mol. The average Bonchev–Trinajstić information content (AvgIpc) is 3.06. The summed E-state index contributed by atoms with van der Waals surface area (Å²) in [6.45, 7) is 0. The van der Waals surface area contributed by atoms with Crippen molar-refractivity contribution < 1.29 is 4.79 Å². The summed E-state index contributed by atoms with van der Waals surface area (Å²) in [6, 6.07) is 14.0. The maximum Gasteiger partial charge on any atom is 0.248 e. The lowest BCUT2D eigenvalue weighted by atomic mass is 9.94. The van der Waals surface area contributed by atoms with Crippen molar-refractivity contribution in [2.75, 3.05) is 11.5 Å². The van der Waals surface area contributed by atoms with E-state index in [0.29, 0.717) is 5.56 Å². The van der Waals surface area contributed by atoms with E-state index in [1.165, 1.54) is 36.3 Å². The van der Waals surface area contributed by atoms with Gasteiger partial charge in [0.15, 0.2) is 0 Å². The zero-order valence-corrected chi connectivity index (χ0v) is 14.8. The minimum absolute atomic E-state index is 0.427. The van der Waals surface area contributed by atoms with Gasteiger partial charge in [0.05, 0.1) is 11.0 Å². The first kappa shape index (κ1) is 16.2. The number of aromatic amines is 1. The number of benzene rings is 2. The molecule has 2 aromatic carbocycles. The Morgan fingerprint density at radius 1 is 1.16 bits per heavy atom. The first-order valence-electron chi connectivity index (χ1n) is 8.66. The molecule has 0 saturated carbocycles. The second-order valence-corrected chi connectivity index (χ2v) is 7.86. The number of H-pyrrole nitrogens is 1. The van der Waals surface area contributed by atoms with Gasteiger partial charge >= 0.3 is 0 Å². The number of nitrogens with two attached hydrogens (primary N) is 1. The Hall–Kier alpha value is -2.27. The molecule has 0 radical (unpaired) electrons. The Kier molecular flexibility index (Phi) is 4.49. The van der Waals surface area contributed by atoms with Crippen LogP contribution in [0, 0.1) is 5.92 Å². The maximum absolute atomic E-state index is 11.3. The van der Waals surface area contributed by atoms with Gasteiger partial charge in [-0.1, -0.05) is 24.3 Å². The second-order valence-electron chi connectivity index (χ2n) is 6.64. The number of carbonyl (C=O) groups is 1. The van der Waals surface area contributed by atoms with Crippen molar-refractivity contribution in [2.45, 2.75) is 19.3 Å². The predicted octanol–water partition coefficient (Wildman–Crippen LogP) is 4.01. The minimum atomic E-state index is -0.427. The summed E-state index contributed by atoms with van der Waals surface area (Å²) in [4.78, 5) is 19.2. The minimum Gasteiger partial charge on any atom is -0.366 e. The Morgan fingerprint density at radius 2 is 1.92 bits per heavy atom. The Labute approximate surface area is 151 Å². The van der Waals surface area contributed by atoms with Gasteiger partial charge in [0.1, 0.15) is 5.82 Å². The van der Waals surface area contributed by atoms with Gasteiger partial charge in [-0.15, -0.1) is 0 Å². The van der Waals surface area contributed by atoms with Crippen LogP contribution in [0.3, 0.4) is 0 Å². The molecule has 4 nitrogen and oxygen atoms in total. The van der Waals surface area contributed by atoms with Gasteiger partial charge in [0, 0.05) is 11.1 Å². The number of hydrogen-bond acceptors (Lipinski definition) is 3. The number of amides is 1. The molecule has 3 aromatic rings. The number of carbonyl (C=O) groups excluding carboxylic acids is 1. The zero-order chi connectivity index (χ0) is 17.2. The van der Waals surface area contributed by atoms with E-state index in [0.717, 1.165) is 28.3 Å². The molecule has 1 aliphatic heterocycles. The summed E-state index contributed by atoms with van der Waals surface area (Å²) in [5.41, 5.74) is 9.95. The number of primary amides is 1. The molecule has 2 heterocycles. The summed E-state index contributed by atoms with van der Waals surface area (Å²) in [5, 5.41) is 0. The van der Waals surface area contributed by atoms with Crippen LogP contribution in [0.5, 0.6) is 0 Å². The molecule has 0 unspecified atom stereocenters. The molecule has 1 amide bonds. The van der Waals surface area contributed by atoms with E-state index in [9.17, 15) is 4.79 Å². The molecule has 1 fully saturated rings. The van der Waals surface area contributed by atoms with Crippen LogP contribution in [0.4, 0.5) is 0 Å². The average molecular weight is 351 g/mol. The molecule has 3 N–H and O–H groups in total. The first-order valence-corrected chi connectivity index (χ1v) is 9.81. The number of fused-ring (bicyclic) bond motifs is 1. The molecule has 0 aliphatic carbocycles. The first-order chi connectivity index (χ1) is 12.2. The smallest absolute Gasteiger partial charge is 0.248 e. The van der Waals surface area contributed by atoms with Crippen LogP contribution < -0.4 is 5.73 Å². The highest BCUT2D eigenvalue weighted by Crippen LogP contribution is 2.27. The van der Waals surface area contributed by atoms with Crippen LogP contribution in [-0.2, 0) is 6.42 Å². The Balaban J connectivity index is 1.55. The SMILES string of the molecule is NC(=O)c1ccc2nc(-c3ccc(CC4CCSCC4)cc3)[nH]c2c1. The van der Waals surface area contributed by atoms with Crippen molar-refractivity contribution in [3.05, 3.63) is 53.6 Å². The molecule has 1 aromatic heterocycles. The molecule has 4 rings (SSSR count).